The van der Waals surface area contributed by atoms with Crippen molar-refractivity contribution in [3.63, 3.8) is 0 Å². The Morgan fingerprint density at radius 2 is 1.75 bits per heavy atom. The number of amides is 4. The number of likely N-dealkylation sites (N-methyl/N-ethyl adjacent to an activating group) is 1. The average molecular weight is 801 g/mol. The maximum Gasteiger partial charge on any atom is 0.524 e. The molecular formula is C42H53N6O8P. The summed E-state index contributed by atoms with van der Waals surface area (Å²) >= 11 is 0. The number of hydrogen-bond acceptors (Lipinski definition) is 7. The molecule has 0 spiro atoms. The maximum absolute atomic E-state index is 13.8. The maximum atomic E-state index is 13.8. The first-order valence-corrected chi connectivity index (χ1v) is 20.8. The van der Waals surface area contributed by atoms with Crippen molar-refractivity contribution in [3.8, 4) is 5.75 Å². The second kappa shape index (κ2) is 19.7. The zero-order chi connectivity index (χ0) is 41.1. The molecule has 14 nitrogen and oxygen atoms in total. The van der Waals surface area contributed by atoms with Gasteiger partial charge >= 0.3 is 13.9 Å². The lowest BCUT2D eigenvalue weighted by atomic mass is 10.0. The summed E-state index contributed by atoms with van der Waals surface area (Å²) < 4.78 is 16.8. The highest BCUT2D eigenvalue weighted by Crippen LogP contribution is 2.38. The second-order valence-corrected chi connectivity index (χ2v) is 15.4. The van der Waals surface area contributed by atoms with Gasteiger partial charge in [-0.1, -0.05) is 92.6 Å². The fourth-order valence-corrected chi connectivity index (χ4v) is 7.24. The van der Waals surface area contributed by atoms with Crippen LogP contribution in [0.1, 0.15) is 66.6 Å². The number of para-hydroxylation sites is 1. The number of carbonyl (C=O) groups excluding carboxylic acids is 4. The second-order valence-electron chi connectivity index (χ2n) is 14.3. The first kappa shape index (κ1) is 42.9. The number of urea groups is 1. The number of aromatic nitrogens is 1. The van der Waals surface area contributed by atoms with Gasteiger partial charge in [0, 0.05) is 55.8 Å². The Kier molecular flexibility index (Phi) is 14.8. The van der Waals surface area contributed by atoms with Crippen LogP contribution >= 0.6 is 7.82 Å². The molecule has 6 rings (SSSR count). The van der Waals surface area contributed by atoms with E-state index in [1.165, 1.54) is 17.0 Å². The first-order valence-electron chi connectivity index (χ1n) is 19.3. The third kappa shape index (κ3) is 11.4. The van der Waals surface area contributed by atoms with Gasteiger partial charge in [0.15, 0.2) is 5.78 Å². The number of fused-ring (bicyclic) bond motifs is 1. The largest absolute Gasteiger partial charge is 0.524 e. The zero-order valence-corrected chi connectivity index (χ0v) is 33.7. The molecule has 1 saturated carbocycles. The summed E-state index contributed by atoms with van der Waals surface area (Å²) in [6.45, 7) is 12.1. The summed E-state index contributed by atoms with van der Waals surface area (Å²) in [4.78, 5) is 72.8. The van der Waals surface area contributed by atoms with Crippen LogP contribution < -0.4 is 9.84 Å². The van der Waals surface area contributed by atoms with Crippen LogP contribution in [0.5, 0.6) is 5.75 Å². The van der Waals surface area contributed by atoms with Crippen molar-refractivity contribution in [2.75, 3.05) is 26.2 Å². The van der Waals surface area contributed by atoms with Crippen molar-refractivity contribution in [1.29, 1.82) is 0 Å². The Hall–Kier alpha value is -5.27. The van der Waals surface area contributed by atoms with E-state index < -0.39 is 14.0 Å². The molecule has 4 amide bonds. The van der Waals surface area contributed by atoms with Gasteiger partial charge in [-0.15, -0.1) is 6.58 Å². The van der Waals surface area contributed by atoms with Gasteiger partial charge in [0.25, 0.3) is 0 Å². The number of hydrazine groups is 1. The number of nitrogens with one attached hydrogen (secondary N) is 1. The number of Topliss-reactive ketones (excluding diaryl/α,β-unsaturated/α-hetero) is 1. The molecule has 0 radical (unpaired) electrons. The molecule has 0 bridgehead atoms. The summed E-state index contributed by atoms with van der Waals surface area (Å²) in [5.41, 5.74) is 4.61. The topological polar surface area (TPSA) is 165 Å². The highest BCUT2D eigenvalue weighted by molar-refractivity contribution is 7.46. The molecule has 4 aromatic rings. The van der Waals surface area contributed by atoms with E-state index in [2.05, 4.69) is 27.9 Å². The monoisotopic (exact) mass is 800 g/mol. The van der Waals surface area contributed by atoms with Gasteiger partial charge in [-0.2, -0.15) is 0 Å². The van der Waals surface area contributed by atoms with Gasteiger partial charge in [0.2, 0.25) is 12.3 Å². The van der Waals surface area contributed by atoms with Crippen LogP contribution in [0.4, 0.5) is 4.79 Å². The molecule has 57 heavy (non-hydrogen) atoms. The van der Waals surface area contributed by atoms with E-state index in [1.807, 2.05) is 73.6 Å². The summed E-state index contributed by atoms with van der Waals surface area (Å²) in [7, 11) is -4.40. The van der Waals surface area contributed by atoms with Gasteiger partial charge in [0.05, 0.1) is 12.1 Å². The Balaban J connectivity index is 0.000000442. The number of phosphoric ester groups is 1. The SMILES string of the molecule is C=CCN(CC)N(C(=O)NCc1ccccc1)C1CN(Cc2cccc3c(C(=O)C4CC4)cn(CCCC)c23)C(=O)CN1C=O.Cc1ccc(OP(=O)(O)O)cc1. The Morgan fingerprint density at radius 3 is 2.37 bits per heavy atom. The van der Waals surface area contributed by atoms with Crippen molar-refractivity contribution < 1.29 is 38.1 Å². The molecule has 1 aliphatic heterocycles. The number of aryl methyl sites for hydroxylation is 2. The molecule has 15 heteroatoms. The Labute approximate surface area is 333 Å². The van der Waals surface area contributed by atoms with Gasteiger partial charge < -0.3 is 24.2 Å². The number of benzene rings is 3. The van der Waals surface area contributed by atoms with Crippen molar-refractivity contribution in [2.24, 2.45) is 5.92 Å². The van der Waals surface area contributed by atoms with Crippen LogP contribution in [0.3, 0.4) is 0 Å². The molecule has 1 aromatic heterocycles. The van der Waals surface area contributed by atoms with E-state index in [9.17, 15) is 23.7 Å². The van der Waals surface area contributed by atoms with E-state index in [-0.39, 0.29) is 42.5 Å². The number of nitrogens with zero attached hydrogens (tertiary/aromatic N) is 5. The quantitative estimate of drug-likeness (QED) is 0.0368. The minimum absolute atomic E-state index is 0.105. The molecule has 1 atom stereocenters. The molecule has 2 aliphatic rings. The molecule has 1 unspecified atom stereocenters. The van der Waals surface area contributed by atoms with E-state index >= 15 is 0 Å². The highest BCUT2D eigenvalue weighted by atomic mass is 31.2. The molecule has 1 aliphatic carbocycles. The molecule has 2 fully saturated rings. The predicted octanol–water partition coefficient (Wildman–Crippen LogP) is 6.26. The van der Waals surface area contributed by atoms with Crippen LogP contribution in [0.25, 0.3) is 10.9 Å². The van der Waals surface area contributed by atoms with E-state index in [0.29, 0.717) is 32.6 Å². The van der Waals surface area contributed by atoms with Gasteiger partial charge in [-0.25, -0.2) is 19.4 Å². The lowest BCUT2D eigenvalue weighted by molar-refractivity contribution is -0.157. The van der Waals surface area contributed by atoms with Crippen LogP contribution in [0, 0.1) is 12.8 Å². The van der Waals surface area contributed by atoms with Crippen molar-refractivity contribution >= 4 is 42.9 Å². The number of hydrogen-bond donors (Lipinski definition) is 3. The first-order chi connectivity index (χ1) is 27.4. The van der Waals surface area contributed by atoms with Crippen molar-refractivity contribution in [1.82, 2.24) is 29.7 Å². The Bertz CT molecular complexity index is 2060. The number of piperazine rings is 1. The summed E-state index contributed by atoms with van der Waals surface area (Å²) in [5.74, 6) is 0.276. The smallest absolute Gasteiger partial charge is 0.404 e. The van der Waals surface area contributed by atoms with Crippen molar-refractivity contribution in [3.05, 3.63) is 114 Å². The lowest BCUT2D eigenvalue weighted by Gasteiger charge is -2.47. The lowest BCUT2D eigenvalue weighted by Crippen LogP contribution is -2.67. The van der Waals surface area contributed by atoms with Gasteiger partial charge in [-0.05, 0) is 49.4 Å². The summed E-state index contributed by atoms with van der Waals surface area (Å²) in [6.07, 6.45) is 7.48. The minimum atomic E-state index is -4.40. The van der Waals surface area contributed by atoms with Gasteiger partial charge in [-0.3, -0.25) is 24.2 Å². The summed E-state index contributed by atoms with van der Waals surface area (Å²) in [5, 5.41) is 7.30. The summed E-state index contributed by atoms with van der Waals surface area (Å²) in [6, 6.07) is 21.6. The third-order valence-corrected chi connectivity index (χ3v) is 10.4. The fourth-order valence-electron chi connectivity index (χ4n) is 6.84. The number of unbranched alkanes of at least 4 members (excludes halogenated alkanes) is 1. The van der Waals surface area contributed by atoms with Gasteiger partial charge in [0.1, 0.15) is 18.5 Å². The highest BCUT2D eigenvalue weighted by Gasteiger charge is 2.40. The van der Waals surface area contributed by atoms with Crippen molar-refractivity contribution in [2.45, 2.75) is 72.3 Å². The van der Waals surface area contributed by atoms with Crippen LogP contribution in [0.2, 0.25) is 0 Å². The van der Waals surface area contributed by atoms with E-state index in [1.54, 1.807) is 28.1 Å². The third-order valence-electron chi connectivity index (χ3n) is 9.91. The molecule has 304 valence electrons. The molecule has 2 heterocycles. The minimum Gasteiger partial charge on any atom is -0.404 e. The molecule has 3 N–H and O–H groups in total. The molecule has 1 saturated heterocycles. The fraction of sp³-hybridized carbons (Fsp3) is 0.381. The number of ketones is 1. The normalized spacial score (nSPS) is 15.5. The average Bonchev–Trinajstić information content (AvgIpc) is 3.98. The molecule has 3 aromatic carbocycles. The van der Waals surface area contributed by atoms with Crippen LogP contribution in [-0.2, 0) is 33.8 Å². The van der Waals surface area contributed by atoms with E-state index in [0.717, 1.165) is 65.4 Å². The number of phosphoric acid groups is 1. The predicted molar refractivity (Wildman–Crippen MR) is 218 cm³/mol. The standard InChI is InChI=1S/C35H44N6O4.C7H9O4P/c1-4-7-19-37-22-30(34(44)27-16-17-27)29-15-11-14-28(33(29)37)21-38-23-31(39(25-42)24-32(38)43)41(40(6-3)18-5-2)35(45)36-20-26-12-9-8-10-13-26;1-6-2-4-7(5-3-6)11-12(8,9)10/h5,8-15,22,25,27,31H,2,4,6-7,16-21,23-24H2,1,3H3,(H,36,45);2-5H,1H3,(H2,8,9,10). The number of carbonyl (C=O) groups is 4. The molecular weight excluding hydrogens is 747 g/mol. The Morgan fingerprint density at radius 1 is 1.04 bits per heavy atom. The number of rotatable bonds is 17. The zero-order valence-electron chi connectivity index (χ0n) is 32.8. The van der Waals surface area contributed by atoms with Crippen LogP contribution in [0.15, 0.2) is 91.6 Å². The van der Waals surface area contributed by atoms with E-state index in [4.69, 9.17) is 9.79 Å². The van der Waals surface area contributed by atoms with Crippen LogP contribution in [-0.4, -0.2) is 90.6 Å².